The summed E-state index contributed by atoms with van der Waals surface area (Å²) in [5, 5.41) is 0. The molecule has 2 N–H and O–H groups in total. The normalized spacial score (nSPS) is 23.2. The van der Waals surface area contributed by atoms with E-state index in [-0.39, 0.29) is 12.0 Å². The number of ketones is 1. The molecule has 1 saturated carbocycles. The van der Waals surface area contributed by atoms with Gasteiger partial charge in [0.25, 0.3) is 0 Å². The lowest BCUT2D eigenvalue weighted by molar-refractivity contribution is -0.140. The van der Waals surface area contributed by atoms with Gasteiger partial charge < -0.3 is 10.5 Å². The SMILES string of the molecule is CCCCCC(=O)CC[C@H]1C(N)CCC1C/C=C\CCCC(=O)OC. The van der Waals surface area contributed by atoms with Crippen LogP contribution in [0.5, 0.6) is 0 Å². The van der Waals surface area contributed by atoms with E-state index in [0.29, 0.717) is 30.5 Å². The first kappa shape index (κ1) is 21.9. The number of ether oxygens (including phenoxy) is 1. The average Bonchev–Trinajstić information content (AvgIpc) is 2.96. The number of carbonyl (C=O) groups excluding carboxylic acids is 2. The highest BCUT2D eigenvalue weighted by molar-refractivity contribution is 5.78. The first-order valence-electron chi connectivity index (χ1n) is 10.1. The number of unbranched alkanes of at least 4 members (excludes halogenated alkanes) is 3. The first-order valence-corrected chi connectivity index (χ1v) is 10.1. The minimum absolute atomic E-state index is 0.140. The summed E-state index contributed by atoms with van der Waals surface area (Å²) in [6, 6.07) is 0.251. The van der Waals surface area contributed by atoms with E-state index in [2.05, 4.69) is 23.8 Å². The van der Waals surface area contributed by atoms with Crippen LogP contribution in [0.15, 0.2) is 12.2 Å². The summed E-state index contributed by atoms with van der Waals surface area (Å²) < 4.78 is 4.64. The Morgan fingerprint density at radius 2 is 1.88 bits per heavy atom. The third-order valence-corrected chi connectivity index (χ3v) is 5.43. The fourth-order valence-corrected chi connectivity index (χ4v) is 3.81. The van der Waals surface area contributed by atoms with Gasteiger partial charge in [-0.15, -0.1) is 0 Å². The maximum atomic E-state index is 12.0. The molecule has 0 radical (unpaired) electrons. The van der Waals surface area contributed by atoms with E-state index in [0.717, 1.165) is 57.8 Å². The van der Waals surface area contributed by atoms with Crippen LogP contribution in [0.25, 0.3) is 0 Å². The largest absolute Gasteiger partial charge is 0.469 e. The third kappa shape index (κ3) is 9.20. The number of carbonyl (C=O) groups is 2. The molecule has 1 aliphatic rings. The van der Waals surface area contributed by atoms with Gasteiger partial charge in [-0.25, -0.2) is 0 Å². The molecular formula is C21H37NO3. The van der Waals surface area contributed by atoms with Crippen molar-refractivity contribution in [3.8, 4) is 0 Å². The molecule has 0 aromatic carbocycles. The second-order valence-corrected chi connectivity index (χ2v) is 7.38. The van der Waals surface area contributed by atoms with Gasteiger partial charge in [0.1, 0.15) is 5.78 Å². The van der Waals surface area contributed by atoms with Gasteiger partial charge in [0.05, 0.1) is 7.11 Å². The molecule has 3 atom stereocenters. The van der Waals surface area contributed by atoms with E-state index >= 15 is 0 Å². The number of hydrogen-bond acceptors (Lipinski definition) is 4. The molecule has 0 heterocycles. The van der Waals surface area contributed by atoms with Gasteiger partial charge in [0.15, 0.2) is 0 Å². The lowest BCUT2D eigenvalue weighted by Gasteiger charge is -2.21. The number of rotatable bonds is 13. The second-order valence-electron chi connectivity index (χ2n) is 7.38. The zero-order valence-electron chi connectivity index (χ0n) is 16.2. The molecule has 1 fully saturated rings. The van der Waals surface area contributed by atoms with Gasteiger partial charge in [-0.05, 0) is 56.8 Å². The van der Waals surface area contributed by atoms with Crippen LogP contribution in [-0.2, 0) is 14.3 Å². The second kappa shape index (κ2) is 13.1. The predicted molar refractivity (Wildman–Crippen MR) is 102 cm³/mol. The molecular weight excluding hydrogens is 314 g/mol. The summed E-state index contributed by atoms with van der Waals surface area (Å²) in [6.07, 6.45) is 15.6. The van der Waals surface area contributed by atoms with Crippen molar-refractivity contribution in [1.29, 1.82) is 0 Å². The van der Waals surface area contributed by atoms with E-state index in [9.17, 15) is 9.59 Å². The van der Waals surface area contributed by atoms with Crippen molar-refractivity contribution in [2.45, 2.75) is 90.0 Å². The van der Waals surface area contributed by atoms with Gasteiger partial charge in [-0.3, -0.25) is 9.59 Å². The molecule has 25 heavy (non-hydrogen) atoms. The number of Topliss-reactive ketones (excluding diaryl/α,β-unsaturated/α-hetero) is 1. The van der Waals surface area contributed by atoms with E-state index < -0.39 is 0 Å². The summed E-state index contributed by atoms with van der Waals surface area (Å²) in [7, 11) is 1.43. The van der Waals surface area contributed by atoms with E-state index in [1.54, 1.807) is 0 Å². The van der Waals surface area contributed by atoms with Crippen molar-refractivity contribution in [1.82, 2.24) is 0 Å². The third-order valence-electron chi connectivity index (χ3n) is 5.43. The Balaban J connectivity index is 2.26. The van der Waals surface area contributed by atoms with Crippen molar-refractivity contribution in [2.75, 3.05) is 7.11 Å². The predicted octanol–water partition coefficient (Wildman–Crippen LogP) is 4.56. The standard InChI is InChI=1S/C21H37NO3/c1-3-4-7-11-18(23)14-15-19-17(13-16-20(19)22)10-8-5-6-9-12-21(24)25-2/h5,8,17,19-20H,3-4,6-7,9-16,22H2,1-2H3/b8-5-/t17?,19-,20?/m1/s1. The van der Waals surface area contributed by atoms with Crippen molar-refractivity contribution >= 4 is 11.8 Å². The van der Waals surface area contributed by atoms with Crippen molar-refractivity contribution < 1.29 is 14.3 Å². The summed E-state index contributed by atoms with van der Waals surface area (Å²) >= 11 is 0. The Morgan fingerprint density at radius 3 is 2.60 bits per heavy atom. The van der Waals surface area contributed by atoms with Crippen LogP contribution in [0.4, 0.5) is 0 Å². The highest BCUT2D eigenvalue weighted by Crippen LogP contribution is 2.36. The molecule has 0 bridgehead atoms. The minimum Gasteiger partial charge on any atom is -0.469 e. The Bertz CT molecular complexity index is 419. The summed E-state index contributed by atoms with van der Waals surface area (Å²) in [4.78, 5) is 23.1. The van der Waals surface area contributed by atoms with Gasteiger partial charge in [0.2, 0.25) is 0 Å². The molecule has 2 unspecified atom stereocenters. The molecule has 0 amide bonds. The quantitative estimate of drug-likeness (QED) is 0.300. The topological polar surface area (TPSA) is 69.4 Å². The molecule has 144 valence electrons. The fourth-order valence-electron chi connectivity index (χ4n) is 3.81. The molecule has 0 aliphatic heterocycles. The molecule has 0 aromatic rings. The Labute approximate surface area is 153 Å². The lowest BCUT2D eigenvalue weighted by atomic mass is 9.86. The van der Waals surface area contributed by atoms with Gasteiger partial charge in [0, 0.05) is 25.3 Å². The van der Waals surface area contributed by atoms with Crippen LogP contribution in [0.3, 0.4) is 0 Å². The van der Waals surface area contributed by atoms with E-state index in [1.807, 2.05) is 0 Å². The minimum atomic E-state index is -0.140. The summed E-state index contributed by atoms with van der Waals surface area (Å²) in [5.41, 5.74) is 6.29. The van der Waals surface area contributed by atoms with Crippen molar-refractivity contribution in [3.05, 3.63) is 12.2 Å². The number of hydrogen-bond donors (Lipinski definition) is 1. The van der Waals surface area contributed by atoms with Crippen LogP contribution in [-0.4, -0.2) is 24.9 Å². The molecule has 1 aliphatic carbocycles. The zero-order valence-corrected chi connectivity index (χ0v) is 16.2. The maximum Gasteiger partial charge on any atom is 0.305 e. The van der Waals surface area contributed by atoms with Crippen LogP contribution < -0.4 is 5.73 Å². The number of esters is 1. The summed E-state index contributed by atoms with van der Waals surface area (Å²) in [5.74, 6) is 1.36. The number of nitrogens with two attached hydrogens (primary N) is 1. The molecule has 0 aromatic heterocycles. The van der Waals surface area contributed by atoms with Crippen LogP contribution in [0.2, 0.25) is 0 Å². The van der Waals surface area contributed by atoms with Gasteiger partial charge >= 0.3 is 5.97 Å². The highest BCUT2D eigenvalue weighted by atomic mass is 16.5. The zero-order chi connectivity index (χ0) is 18.5. The highest BCUT2D eigenvalue weighted by Gasteiger charge is 2.32. The van der Waals surface area contributed by atoms with Gasteiger partial charge in [-0.1, -0.05) is 31.9 Å². The smallest absolute Gasteiger partial charge is 0.305 e. The average molecular weight is 352 g/mol. The maximum absolute atomic E-state index is 12.0. The fraction of sp³-hybridized carbons (Fsp3) is 0.810. The number of allylic oxidation sites excluding steroid dienone is 2. The number of methoxy groups -OCH3 is 1. The first-order chi connectivity index (χ1) is 12.1. The summed E-state index contributed by atoms with van der Waals surface area (Å²) in [6.45, 7) is 2.16. The Hall–Kier alpha value is -1.16. The van der Waals surface area contributed by atoms with E-state index in [1.165, 1.54) is 13.5 Å². The molecule has 4 heteroatoms. The van der Waals surface area contributed by atoms with Crippen molar-refractivity contribution in [3.63, 3.8) is 0 Å². The molecule has 0 spiro atoms. The van der Waals surface area contributed by atoms with Crippen LogP contribution in [0, 0.1) is 11.8 Å². The van der Waals surface area contributed by atoms with E-state index in [4.69, 9.17) is 5.73 Å². The molecule has 0 saturated heterocycles. The van der Waals surface area contributed by atoms with Gasteiger partial charge in [-0.2, -0.15) is 0 Å². The van der Waals surface area contributed by atoms with Crippen LogP contribution in [0.1, 0.15) is 84.0 Å². The molecule has 1 rings (SSSR count). The molecule has 4 nitrogen and oxygen atoms in total. The van der Waals surface area contributed by atoms with Crippen LogP contribution >= 0.6 is 0 Å². The lowest BCUT2D eigenvalue weighted by Crippen LogP contribution is -2.28. The Morgan fingerprint density at radius 1 is 1.08 bits per heavy atom. The monoisotopic (exact) mass is 351 g/mol. The Kier molecular flexibility index (Phi) is 11.5. The van der Waals surface area contributed by atoms with Crippen molar-refractivity contribution in [2.24, 2.45) is 17.6 Å².